The number of hydrogen-bond acceptors (Lipinski definition) is 2. The van der Waals surface area contributed by atoms with Crippen molar-refractivity contribution in [2.45, 2.75) is 38.6 Å². The number of benzene rings is 2. The zero-order chi connectivity index (χ0) is 19.1. The Morgan fingerprint density at radius 1 is 1.04 bits per heavy atom. The lowest BCUT2D eigenvalue weighted by atomic mass is 9.89. The van der Waals surface area contributed by atoms with Crippen molar-refractivity contribution in [1.82, 2.24) is 4.90 Å². The molecule has 27 heavy (non-hydrogen) atoms. The van der Waals surface area contributed by atoms with E-state index >= 15 is 0 Å². The van der Waals surface area contributed by atoms with Gasteiger partial charge in [0.05, 0.1) is 0 Å². The number of nitrogens with zero attached hydrogens (tertiary/aromatic N) is 1. The first kappa shape index (κ1) is 19.3. The average Bonchev–Trinajstić information content (AvgIpc) is 2.69. The Kier molecular flexibility index (Phi) is 6.80. The highest BCUT2D eigenvalue weighted by Gasteiger charge is 2.22. The van der Waals surface area contributed by atoms with Crippen LogP contribution in [0.3, 0.4) is 0 Å². The van der Waals surface area contributed by atoms with Crippen LogP contribution in [0.4, 0.5) is 8.78 Å². The van der Waals surface area contributed by atoms with Gasteiger partial charge in [-0.2, -0.15) is 0 Å². The van der Waals surface area contributed by atoms with Crippen molar-refractivity contribution in [1.29, 1.82) is 0 Å². The molecule has 0 aliphatic heterocycles. The Morgan fingerprint density at radius 2 is 1.78 bits per heavy atom. The number of rotatable bonds is 7. The number of carbonyl (C=O) groups is 1. The predicted molar refractivity (Wildman–Crippen MR) is 100 cm³/mol. The Bertz CT molecular complexity index is 745. The van der Waals surface area contributed by atoms with Crippen LogP contribution in [0.2, 0.25) is 0 Å². The van der Waals surface area contributed by atoms with Gasteiger partial charge in [0.15, 0.2) is 6.61 Å². The van der Waals surface area contributed by atoms with Gasteiger partial charge in [-0.1, -0.05) is 43.5 Å². The minimum absolute atomic E-state index is 0.0977. The molecule has 0 atom stereocenters. The standard InChI is InChI=1S/C22H25F2NO2/c23-19-12-11-18(21(24)13-19)15-25(14-17-7-3-1-4-8-17)22(26)16-27-20-9-5-2-6-10-20/h2,5-6,9-13,17H,1,3-4,7-8,14-16H2. The Morgan fingerprint density at radius 3 is 2.48 bits per heavy atom. The van der Waals surface area contributed by atoms with Crippen LogP contribution < -0.4 is 4.74 Å². The molecule has 1 saturated carbocycles. The maximum Gasteiger partial charge on any atom is 0.260 e. The van der Waals surface area contributed by atoms with Gasteiger partial charge in [-0.05, 0) is 37.0 Å². The Balaban J connectivity index is 1.68. The molecule has 0 aromatic heterocycles. The highest BCUT2D eigenvalue weighted by molar-refractivity contribution is 5.77. The molecule has 0 N–H and O–H groups in total. The minimum atomic E-state index is -0.625. The summed E-state index contributed by atoms with van der Waals surface area (Å²) in [7, 11) is 0. The van der Waals surface area contributed by atoms with Crippen LogP contribution in [0.1, 0.15) is 37.7 Å². The molecular formula is C22H25F2NO2. The first-order valence-corrected chi connectivity index (χ1v) is 9.51. The van der Waals surface area contributed by atoms with Crippen LogP contribution in [-0.4, -0.2) is 24.0 Å². The molecule has 3 rings (SSSR count). The molecular weight excluding hydrogens is 348 g/mol. The van der Waals surface area contributed by atoms with E-state index in [1.54, 1.807) is 17.0 Å². The van der Waals surface area contributed by atoms with Crippen LogP contribution in [0.25, 0.3) is 0 Å². The average molecular weight is 373 g/mol. The second-order valence-electron chi connectivity index (χ2n) is 7.12. The topological polar surface area (TPSA) is 29.5 Å². The molecule has 0 radical (unpaired) electrons. The maximum absolute atomic E-state index is 14.1. The van der Waals surface area contributed by atoms with Crippen LogP contribution in [-0.2, 0) is 11.3 Å². The SMILES string of the molecule is O=C(COc1ccccc1)N(Cc1ccc(F)cc1F)CC1CCCCC1. The number of carbonyl (C=O) groups excluding carboxylic acids is 1. The third-order valence-corrected chi connectivity index (χ3v) is 5.04. The zero-order valence-corrected chi connectivity index (χ0v) is 15.4. The number of amides is 1. The van der Waals surface area contributed by atoms with Crippen molar-refractivity contribution < 1.29 is 18.3 Å². The maximum atomic E-state index is 14.1. The monoisotopic (exact) mass is 373 g/mol. The number of ether oxygens (including phenoxy) is 1. The molecule has 2 aromatic carbocycles. The van der Waals surface area contributed by atoms with Crippen molar-refractivity contribution in [3.63, 3.8) is 0 Å². The summed E-state index contributed by atoms with van der Waals surface area (Å²) < 4.78 is 32.9. The van der Waals surface area contributed by atoms with E-state index in [1.165, 1.54) is 18.6 Å². The number of halogens is 2. The van der Waals surface area contributed by atoms with E-state index in [0.29, 0.717) is 23.8 Å². The highest BCUT2D eigenvalue weighted by Crippen LogP contribution is 2.25. The lowest BCUT2D eigenvalue weighted by Gasteiger charge is -2.30. The van der Waals surface area contributed by atoms with Gasteiger partial charge in [0.25, 0.3) is 5.91 Å². The summed E-state index contributed by atoms with van der Waals surface area (Å²) in [5.41, 5.74) is 0.320. The smallest absolute Gasteiger partial charge is 0.260 e. The third kappa shape index (κ3) is 5.78. The van der Waals surface area contributed by atoms with Crippen molar-refractivity contribution >= 4 is 5.91 Å². The summed E-state index contributed by atoms with van der Waals surface area (Å²) in [5.74, 6) is -0.387. The van der Waals surface area contributed by atoms with E-state index in [0.717, 1.165) is 31.7 Å². The summed E-state index contributed by atoms with van der Waals surface area (Å²) in [6.45, 7) is 0.604. The zero-order valence-electron chi connectivity index (χ0n) is 15.4. The van der Waals surface area contributed by atoms with E-state index in [9.17, 15) is 13.6 Å². The fourth-order valence-electron chi connectivity index (χ4n) is 3.54. The van der Waals surface area contributed by atoms with E-state index in [4.69, 9.17) is 4.74 Å². The van der Waals surface area contributed by atoms with Crippen LogP contribution in [0, 0.1) is 17.6 Å². The molecule has 1 aliphatic rings. The molecule has 0 spiro atoms. The second kappa shape index (κ2) is 9.49. The Labute approximate surface area is 158 Å². The first-order chi connectivity index (χ1) is 13.1. The quantitative estimate of drug-likeness (QED) is 0.687. The predicted octanol–water partition coefficient (Wildman–Crippen LogP) is 4.95. The van der Waals surface area contributed by atoms with E-state index < -0.39 is 11.6 Å². The van der Waals surface area contributed by atoms with Gasteiger partial charge in [0.1, 0.15) is 17.4 Å². The lowest BCUT2D eigenvalue weighted by molar-refractivity contribution is -0.134. The molecule has 1 amide bonds. The minimum Gasteiger partial charge on any atom is -0.484 e. The van der Waals surface area contributed by atoms with Crippen molar-refractivity contribution in [2.24, 2.45) is 5.92 Å². The molecule has 0 heterocycles. The fraction of sp³-hybridized carbons (Fsp3) is 0.409. The van der Waals surface area contributed by atoms with E-state index in [1.807, 2.05) is 18.2 Å². The first-order valence-electron chi connectivity index (χ1n) is 9.51. The normalized spacial score (nSPS) is 14.7. The van der Waals surface area contributed by atoms with Gasteiger partial charge in [-0.15, -0.1) is 0 Å². The van der Waals surface area contributed by atoms with Gasteiger partial charge in [-0.25, -0.2) is 8.78 Å². The fourth-order valence-corrected chi connectivity index (χ4v) is 3.54. The number of para-hydroxylation sites is 1. The van der Waals surface area contributed by atoms with E-state index in [2.05, 4.69) is 0 Å². The molecule has 3 nitrogen and oxygen atoms in total. The summed E-state index contributed by atoms with van der Waals surface area (Å²) in [6.07, 6.45) is 5.72. The molecule has 0 bridgehead atoms. The van der Waals surface area contributed by atoms with Crippen LogP contribution in [0.5, 0.6) is 5.75 Å². The van der Waals surface area contributed by atoms with E-state index in [-0.39, 0.29) is 19.1 Å². The summed E-state index contributed by atoms with van der Waals surface area (Å²) in [6, 6.07) is 12.6. The molecule has 1 aliphatic carbocycles. The van der Waals surface area contributed by atoms with Gasteiger partial charge < -0.3 is 9.64 Å². The largest absolute Gasteiger partial charge is 0.484 e. The van der Waals surface area contributed by atoms with Crippen molar-refractivity contribution in [2.75, 3.05) is 13.2 Å². The van der Waals surface area contributed by atoms with Gasteiger partial charge >= 0.3 is 0 Å². The molecule has 1 fully saturated rings. The number of hydrogen-bond donors (Lipinski definition) is 0. The van der Waals surface area contributed by atoms with Crippen molar-refractivity contribution in [3.05, 3.63) is 65.7 Å². The van der Waals surface area contributed by atoms with Gasteiger partial charge in [0.2, 0.25) is 0 Å². The second-order valence-corrected chi connectivity index (χ2v) is 7.12. The molecule has 5 heteroatoms. The van der Waals surface area contributed by atoms with Crippen LogP contribution in [0.15, 0.2) is 48.5 Å². The molecule has 0 unspecified atom stereocenters. The van der Waals surface area contributed by atoms with Gasteiger partial charge in [-0.3, -0.25) is 4.79 Å². The summed E-state index contributed by atoms with van der Waals surface area (Å²) in [5, 5.41) is 0. The lowest BCUT2D eigenvalue weighted by Crippen LogP contribution is -2.38. The highest BCUT2D eigenvalue weighted by atomic mass is 19.1. The molecule has 2 aromatic rings. The summed E-state index contributed by atoms with van der Waals surface area (Å²) in [4.78, 5) is 14.4. The third-order valence-electron chi connectivity index (χ3n) is 5.04. The molecule has 0 saturated heterocycles. The summed E-state index contributed by atoms with van der Waals surface area (Å²) >= 11 is 0. The van der Waals surface area contributed by atoms with Crippen molar-refractivity contribution in [3.8, 4) is 5.75 Å². The Hall–Kier alpha value is -2.43. The molecule has 144 valence electrons. The van der Waals surface area contributed by atoms with Crippen LogP contribution >= 0.6 is 0 Å². The van der Waals surface area contributed by atoms with Gasteiger partial charge in [0, 0.05) is 24.7 Å².